The lowest BCUT2D eigenvalue weighted by atomic mass is 10.2. The Labute approximate surface area is 115 Å². The third kappa shape index (κ3) is 3.31. The Bertz CT molecular complexity index is 609. The van der Waals surface area contributed by atoms with E-state index in [1.165, 1.54) is 12.1 Å². The number of benzene rings is 1. The van der Waals surface area contributed by atoms with Crippen LogP contribution in [-0.4, -0.2) is 38.6 Å². The molecule has 1 N–H and O–H groups in total. The first-order valence-electron chi connectivity index (χ1n) is 6.37. The zero-order valence-electron chi connectivity index (χ0n) is 11.4. The minimum Gasteiger partial charge on any atom is -0.389 e. The van der Waals surface area contributed by atoms with Crippen molar-refractivity contribution in [1.82, 2.24) is 9.78 Å². The highest BCUT2D eigenvalue weighted by molar-refractivity contribution is 5.80. The second-order valence-corrected chi connectivity index (χ2v) is 4.86. The lowest BCUT2D eigenvalue weighted by Gasteiger charge is -2.14. The van der Waals surface area contributed by atoms with Crippen LogP contribution in [0, 0.1) is 10.1 Å². The first kappa shape index (κ1) is 14.4. The Balaban J connectivity index is 2.17. The van der Waals surface area contributed by atoms with Crippen LogP contribution in [0.3, 0.4) is 0 Å². The van der Waals surface area contributed by atoms with E-state index in [0.29, 0.717) is 5.52 Å². The quantitative estimate of drug-likeness (QED) is 0.642. The van der Waals surface area contributed by atoms with E-state index < -0.39 is 11.0 Å². The van der Waals surface area contributed by atoms with Gasteiger partial charge in [-0.15, -0.1) is 0 Å². The molecule has 1 aromatic carbocycles. The molecule has 7 nitrogen and oxygen atoms in total. The van der Waals surface area contributed by atoms with Crippen molar-refractivity contribution in [2.45, 2.75) is 32.6 Å². The summed E-state index contributed by atoms with van der Waals surface area (Å²) in [5.74, 6) is 0. The number of nitrogens with zero attached hydrogens (tertiary/aromatic N) is 3. The second-order valence-electron chi connectivity index (χ2n) is 4.86. The predicted molar refractivity (Wildman–Crippen MR) is 73.5 cm³/mol. The van der Waals surface area contributed by atoms with Gasteiger partial charge in [0.2, 0.25) is 0 Å². The number of nitro benzene ring substituents is 1. The van der Waals surface area contributed by atoms with Gasteiger partial charge in [-0.3, -0.25) is 14.8 Å². The van der Waals surface area contributed by atoms with E-state index in [0.717, 1.165) is 5.39 Å². The highest BCUT2D eigenvalue weighted by Crippen LogP contribution is 2.20. The molecule has 1 atom stereocenters. The second kappa shape index (κ2) is 5.98. The van der Waals surface area contributed by atoms with Crippen LogP contribution in [0.2, 0.25) is 0 Å². The molecular formula is C13H17N3O4. The highest BCUT2D eigenvalue weighted by Gasteiger charge is 2.13. The summed E-state index contributed by atoms with van der Waals surface area (Å²) in [6, 6.07) is 4.54. The summed E-state index contributed by atoms with van der Waals surface area (Å²) in [4.78, 5) is 10.3. The molecule has 0 aliphatic heterocycles. The average Bonchev–Trinajstić information content (AvgIpc) is 2.79. The first-order chi connectivity index (χ1) is 9.47. The van der Waals surface area contributed by atoms with Crippen molar-refractivity contribution in [2.75, 3.05) is 6.61 Å². The lowest BCUT2D eigenvalue weighted by molar-refractivity contribution is -0.384. The summed E-state index contributed by atoms with van der Waals surface area (Å²) in [7, 11) is 0. The molecule has 0 radical (unpaired) electrons. The molecule has 0 saturated carbocycles. The van der Waals surface area contributed by atoms with Gasteiger partial charge in [0.15, 0.2) is 0 Å². The Morgan fingerprint density at radius 2 is 2.25 bits per heavy atom. The van der Waals surface area contributed by atoms with Crippen LogP contribution in [-0.2, 0) is 11.3 Å². The van der Waals surface area contributed by atoms with Gasteiger partial charge in [0.25, 0.3) is 5.69 Å². The highest BCUT2D eigenvalue weighted by atomic mass is 16.6. The SMILES string of the molecule is CC(C)OCC(O)Cn1ncc2ccc([N+](=O)[O-])cc21. The zero-order chi connectivity index (χ0) is 14.7. The van der Waals surface area contributed by atoms with Crippen LogP contribution in [0.1, 0.15) is 13.8 Å². The molecule has 20 heavy (non-hydrogen) atoms. The largest absolute Gasteiger partial charge is 0.389 e. The van der Waals surface area contributed by atoms with Gasteiger partial charge in [0.05, 0.1) is 42.0 Å². The fourth-order valence-electron chi connectivity index (χ4n) is 1.87. The van der Waals surface area contributed by atoms with Crippen molar-refractivity contribution in [2.24, 2.45) is 0 Å². The summed E-state index contributed by atoms with van der Waals surface area (Å²) < 4.78 is 6.88. The number of rotatable bonds is 6. The number of aliphatic hydroxyl groups is 1. The standard InChI is InChI=1S/C13H17N3O4/c1-9(2)20-8-12(17)7-15-13-5-11(16(18)19)4-3-10(13)6-14-15/h3-6,9,12,17H,7-8H2,1-2H3. The number of fused-ring (bicyclic) bond motifs is 1. The van der Waals surface area contributed by atoms with E-state index in [1.54, 1.807) is 16.9 Å². The number of nitro groups is 1. The number of hydrogen-bond acceptors (Lipinski definition) is 5. The molecule has 2 rings (SSSR count). The molecule has 2 aromatic rings. The maximum Gasteiger partial charge on any atom is 0.271 e. The van der Waals surface area contributed by atoms with Crippen molar-refractivity contribution in [3.05, 3.63) is 34.5 Å². The maximum atomic E-state index is 10.8. The molecule has 7 heteroatoms. The molecule has 0 saturated heterocycles. The average molecular weight is 279 g/mol. The molecule has 0 spiro atoms. The monoisotopic (exact) mass is 279 g/mol. The molecular weight excluding hydrogens is 262 g/mol. The van der Waals surface area contributed by atoms with E-state index in [-0.39, 0.29) is 24.9 Å². The molecule has 0 aliphatic rings. The van der Waals surface area contributed by atoms with Crippen molar-refractivity contribution >= 4 is 16.6 Å². The molecule has 0 fully saturated rings. The summed E-state index contributed by atoms with van der Waals surface area (Å²) >= 11 is 0. The van der Waals surface area contributed by atoms with E-state index >= 15 is 0 Å². The van der Waals surface area contributed by atoms with E-state index in [2.05, 4.69) is 5.10 Å². The normalized spacial score (nSPS) is 13.0. The van der Waals surface area contributed by atoms with Crippen LogP contribution < -0.4 is 0 Å². The van der Waals surface area contributed by atoms with Gasteiger partial charge < -0.3 is 9.84 Å². The van der Waals surface area contributed by atoms with Crippen LogP contribution in [0.5, 0.6) is 0 Å². The molecule has 0 amide bonds. The van der Waals surface area contributed by atoms with E-state index in [9.17, 15) is 15.2 Å². The van der Waals surface area contributed by atoms with Crippen molar-refractivity contribution in [3.63, 3.8) is 0 Å². The van der Waals surface area contributed by atoms with Crippen LogP contribution >= 0.6 is 0 Å². The number of aliphatic hydroxyl groups excluding tert-OH is 1. The van der Waals surface area contributed by atoms with Crippen molar-refractivity contribution in [1.29, 1.82) is 0 Å². The Hall–Kier alpha value is -1.99. The summed E-state index contributed by atoms with van der Waals surface area (Å²) in [5.41, 5.74) is 0.634. The van der Waals surface area contributed by atoms with E-state index in [4.69, 9.17) is 4.74 Å². The zero-order valence-corrected chi connectivity index (χ0v) is 11.4. The smallest absolute Gasteiger partial charge is 0.271 e. The number of non-ortho nitro benzene ring substituents is 1. The van der Waals surface area contributed by atoms with Crippen molar-refractivity contribution in [3.8, 4) is 0 Å². The van der Waals surface area contributed by atoms with Gasteiger partial charge in [-0.05, 0) is 19.9 Å². The predicted octanol–water partition coefficient (Wildman–Crippen LogP) is 1.73. The number of aromatic nitrogens is 2. The summed E-state index contributed by atoms with van der Waals surface area (Å²) in [6.45, 7) is 4.21. The van der Waals surface area contributed by atoms with Gasteiger partial charge in [-0.1, -0.05) is 0 Å². The number of hydrogen-bond donors (Lipinski definition) is 1. The third-order valence-corrected chi connectivity index (χ3v) is 2.84. The van der Waals surface area contributed by atoms with Gasteiger partial charge >= 0.3 is 0 Å². The maximum absolute atomic E-state index is 10.8. The third-order valence-electron chi connectivity index (χ3n) is 2.84. The summed E-state index contributed by atoms with van der Waals surface area (Å²) in [5, 5.41) is 25.6. The van der Waals surface area contributed by atoms with Crippen LogP contribution in [0.25, 0.3) is 10.9 Å². The Morgan fingerprint density at radius 1 is 1.50 bits per heavy atom. The molecule has 0 aliphatic carbocycles. The summed E-state index contributed by atoms with van der Waals surface area (Å²) in [6.07, 6.45) is 0.953. The van der Waals surface area contributed by atoms with Gasteiger partial charge in [0, 0.05) is 17.5 Å². The Morgan fingerprint density at radius 3 is 2.90 bits per heavy atom. The van der Waals surface area contributed by atoms with Crippen LogP contribution in [0.15, 0.2) is 24.4 Å². The minimum absolute atomic E-state index is 0.00664. The lowest BCUT2D eigenvalue weighted by Crippen LogP contribution is -2.24. The molecule has 1 heterocycles. The molecule has 108 valence electrons. The molecule has 1 unspecified atom stereocenters. The van der Waals surface area contributed by atoms with E-state index in [1.807, 2.05) is 13.8 Å². The fourth-order valence-corrected chi connectivity index (χ4v) is 1.87. The molecule has 1 aromatic heterocycles. The number of ether oxygens (including phenoxy) is 1. The minimum atomic E-state index is -0.709. The molecule has 0 bridgehead atoms. The Kier molecular flexibility index (Phi) is 4.31. The van der Waals surface area contributed by atoms with Gasteiger partial charge in [-0.25, -0.2) is 0 Å². The van der Waals surface area contributed by atoms with Gasteiger partial charge in [0.1, 0.15) is 0 Å². The first-order valence-corrected chi connectivity index (χ1v) is 6.37. The van der Waals surface area contributed by atoms with Crippen LogP contribution in [0.4, 0.5) is 5.69 Å². The topological polar surface area (TPSA) is 90.4 Å². The van der Waals surface area contributed by atoms with Gasteiger partial charge in [-0.2, -0.15) is 5.10 Å². The van der Waals surface area contributed by atoms with Crippen molar-refractivity contribution < 1.29 is 14.8 Å². The fraction of sp³-hybridized carbons (Fsp3) is 0.462.